The van der Waals surface area contributed by atoms with E-state index in [9.17, 15) is 0 Å². The van der Waals surface area contributed by atoms with E-state index in [1.165, 1.54) is 4.88 Å². The molecule has 1 aliphatic rings. The molecule has 0 radical (unpaired) electrons. The second kappa shape index (κ2) is 3.34. The largest absolute Gasteiger partial charge is 0.355 e. The van der Waals surface area contributed by atoms with Gasteiger partial charge in [0.15, 0.2) is 0 Å². The summed E-state index contributed by atoms with van der Waals surface area (Å²) >= 11 is 1.75. The van der Waals surface area contributed by atoms with Crippen LogP contribution >= 0.6 is 11.3 Å². The molecule has 3 heteroatoms. The van der Waals surface area contributed by atoms with Gasteiger partial charge in [0.25, 0.3) is 0 Å². The Balaban J connectivity index is 2.04. The van der Waals surface area contributed by atoms with Crippen molar-refractivity contribution in [3.8, 4) is 0 Å². The Morgan fingerprint density at radius 1 is 1.55 bits per heavy atom. The van der Waals surface area contributed by atoms with Crippen LogP contribution in [0.25, 0.3) is 0 Å². The lowest BCUT2D eigenvalue weighted by atomic mass is 10.2. The van der Waals surface area contributed by atoms with Crippen LogP contribution < -0.4 is 0 Å². The maximum absolute atomic E-state index is 5.41. The summed E-state index contributed by atoms with van der Waals surface area (Å²) in [5.41, 5.74) is 0. The summed E-state index contributed by atoms with van der Waals surface area (Å²) < 4.78 is 10.5. The molecule has 0 bridgehead atoms. The van der Waals surface area contributed by atoms with Crippen molar-refractivity contribution in [3.05, 3.63) is 22.4 Å². The smallest absolute Gasteiger partial charge is 0.147 e. The van der Waals surface area contributed by atoms with E-state index < -0.39 is 0 Å². The molecule has 1 atom stereocenters. The highest BCUT2D eigenvalue weighted by molar-refractivity contribution is 7.10. The monoisotopic (exact) mass is 170 g/mol. The van der Waals surface area contributed by atoms with Crippen LogP contribution in [0.5, 0.6) is 0 Å². The Hall–Kier alpha value is -0.380. The molecule has 0 spiro atoms. The zero-order valence-electron chi connectivity index (χ0n) is 6.16. The van der Waals surface area contributed by atoms with Gasteiger partial charge >= 0.3 is 0 Å². The summed E-state index contributed by atoms with van der Waals surface area (Å²) in [7, 11) is 0. The molecule has 1 aromatic rings. The second-order valence-electron chi connectivity index (χ2n) is 2.49. The van der Waals surface area contributed by atoms with Gasteiger partial charge in [-0.1, -0.05) is 6.07 Å². The fraction of sp³-hybridized carbons (Fsp3) is 0.500. The van der Waals surface area contributed by atoms with Crippen LogP contribution in [0.3, 0.4) is 0 Å². The Kier molecular flexibility index (Phi) is 2.21. The first-order valence-electron chi connectivity index (χ1n) is 3.69. The van der Waals surface area contributed by atoms with E-state index in [-0.39, 0.29) is 6.10 Å². The molecule has 0 saturated carbocycles. The van der Waals surface area contributed by atoms with Crippen molar-refractivity contribution in [1.29, 1.82) is 0 Å². The quantitative estimate of drug-likeness (QED) is 0.643. The normalized spacial score (nSPS) is 25.3. The fourth-order valence-corrected chi connectivity index (χ4v) is 1.97. The molecule has 2 nitrogen and oxygen atoms in total. The first-order valence-corrected chi connectivity index (χ1v) is 4.57. The number of thiophene rings is 1. The SMILES string of the molecule is c1csc(C2CCOCO2)c1. The van der Waals surface area contributed by atoms with Crippen molar-refractivity contribution in [2.24, 2.45) is 0 Å². The van der Waals surface area contributed by atoms with E-state index in [2.05, 4.69) is 17.5 Å². The molecule has 1 fully saturated rings. The molecule has 0 N–H and O–H groups in total. The van der Waals surface area contributed by atoms with Gasteiger partial charge in [-0.15, -0.1) is 11.3 Å². The molecule has 0 aliphatic carbocycles. The molecule has 0 amide bonds. The van der Waals surface area contributed by atoms with Crippen LogP contribution in [-0.2, 0) is 9.47 Å². The van der Waals surface area contributed by atoms with E-state index >= 15 is 0 Å². The molecule has 0 aromatic carbocycles. The van der Waals surface area contributed by atoms with Crippen LogP contribution in [0, 0.1) is 0 Å². The van der Waals surface area contributed by atoms with Gasteiger partial charge < -0.3 is 9.47 Å². The third kappa shape index (κ3) is 1.61. The summed E-state index contributed by atoms with van der Waals surface area (Å²) in [6.45, 7) is 1.27. The first-order chi connectivity index (χ1) is 5.47. The summed E-state index contributed by atoms with van der Waals surface area (Å²) in [5, 5.41) is 2.08. The molecular formula is C8H10O2S. The van der Waals surface area contributed by atoms with Gasteiger partial charge in [0, 0.05) is 11.3 Å². The van der Waals surface area contributed by atoms with Gasteiger partial charge in [-0.05, 0) is 11.4 Å². The second-order valence-corrected chi connectivity index (χ2v) is 3.46. The standard InChI is InChI=1S/C8H10O2S/c1-2-8(11-5-1)7-3-4-9-6-10-7/h1-2,5,7H,3-4,6H2. The van der Waals surface area contributed by atoms with Crippen molar-refractivity contribution in [2.45, 2.75) is 12.5 Å². The number of hydrogen-bond donors (Lipinski definition) is 0. The average Bonchev–Trinajstić information content (AvgIpc) is 2.58. The Morgan fingerprint density at radius 2 is 2.55 bits per heavy atom. The minimum Gasteiger partial charge on any atom is -0.355 e. The maximum atomic E-state index is 5.41. The summed E-state index contributed by atoms with van der Waals surface area (Å²) in [4.78, 5) is 1.31. The van der Waals surface area contributed by atoms with Gasteiger partial charge in [-0.2, -0.15) is 0 Å². The maximum Gasteiger partial charge on any atom is 0.147 e. The lowest BCUT2D eigenvalue weighted by molar-refractivity contribution is -0.139. The summed E-state index contributed by atoms with van der Waals surface area (Å²) in [6, 6.07) is 4.17. The fourth-order valence-electron chi connectivity index (χ4n) is 1.16. The molecule has 2 heterocycles. The van der Waals surface area contributed by atoms with E-state index in [4.69, 9.17) is 9.47 Å². The molecule has 1 saturated heterocycles. The molecule has 60 valence electrons. The van der Waals surface area contributed by atoms with E-state index in [0.29, 0.717) is 6.79 Å². The Morgan fingerprint density at radius 3 is 3.18 bits per heavy atom. The van der Waals surface area contributed by atoms with E-state index in [1.807, 2.05) is 0 Å². The number of rotatable bonds is 1. The van der Waals surface area contributed by atoms with Gasteiger partial charge in [-0.25, -0.2) is 0 Å². The van der Waals surface area contributed by atoms with Crippen LogP contribution in [0.2, 0.25) is 0 Å². The molecule has 1 aromatic heterocycles. The predicted octanol–water partition coefficient (Wildman–Crippen LogP) is 2.18. The highest BCUT2D eigenvalue weighted by Gasteiger charge is 2.16. The third-order valence-electron chi connectivity index (χ3n) is 1.74. The van der Waals surface area contributed by atoms with Gasteiger partial charge in [0.05, 0.1) is 12.7 Å². The minimum absolute atomic E-state index is 0.281. The Labute approximate surface area is 69.8 Å². The van der Waals surface area contributed by atoms with Crippen LogP contribution in [0.15, 0.2) is 17.5 Å². The van der Waals surface area contributed by atoms with Crippen LogP contribution in [-0.4, -0.2) is 13.4 Å². The molecular weight excluding hydrogens is 160 g/mol. The van der Waals surface area contributed by atoms with Gasteiger partial charge in [0.2, 0.25) is 0 Å². The van der Waals surface area contributed by atoms with Gasteiger partial charge in [-0.3, -0.25) is 0 Å². The summed E-state index contributed by atoms with van der Waals surface area (Å²) in [5.74, 6) is 0. The molecule has 2 rings (SSSR count). The summed E-state index contributed by atoms with van der Waals surface area (Å²) in [6.07, 6.45) is 1.27. The van der Waals surface area contributed by atoms with Crippen molar-refractivity contribution in [3.63, 3.8) is 0 Å². The molecule has 1 unspecified atom stereocenters. The lowest BCUT2D eigenvalue weighted by Crippen LogP contribution is -2.15. The first kappa shape index (κ1) is 7.28. The number of hydrogen-bond acceptors (Lipinski definition) is 3. The van der Waals surface area contributed by atoms with Crippen LogP contribution in [0.1, 0.15) is 17.4 Å². The average molecular weight is 170 g/mol. The molecule has 1 aliphatic heterocycles. The van der Waals surface area contributed by atoms with E-state index in [0.717, 1.165) is 13.0 Å². The van der Waals surface area contributed by atoms with Crippen molar-refractivity contribution in [1.82, 2.24) is 0 Å². The Bertz CT molecular complexity index is 202. The topological polar surface area (TPSA) is 18.5 Å². The zero-order chi connectivity index (χ0) is 7.52. The molecule has 11 heavy (non-hydrogen) atoms. The van der Waals surface area contributed by atoms with Gasteiger partial charge in [0.1, 0.15) is 6.79 Å². The highest BCUT2D eigenvalue weighted by Crippen LogP contribution is 2.27. The van der Waals surface area contributed by atoms with Crippen LogP contribution in [0.4, 0.5) is 0 Å². The zero-order valence-corrected chi connectivity index (χ0v) is 6.97. The predicted molar refractivity (Wildman–Crippen MR) is 43.6 cm³/mol. The lowest BCUT2D eigenvalue weighted by Gasteiger charge is -2.21. The van der Waals surface area contributed by atoms with E-state index in [1.54, 1.807) is 11.3 Å². The number of ether oxygens (including phenoxy) is 2. The van der Waals surface area contributed by atoms with Crippen molar-refractivity contribution < 1.29 is 9.47 Å². The van der Waals surface area contributed by atoms with Crippen molar-refractivity contribution >= 4 is 11.3 Å². The minimum atomic E-state index is 0.281. The third-order valence-corrected chi connectivity index (χ3v) is 2.70. The van der Waals surface area contributed by atoms with Crippen molar-refractivity contribution in [2.75, 3.05) is 13.4 Å². The highest BCUT2D eigenvalue weighted by atomic mass is 32.1.